The normalized spacial score (nSPS) is 21.6. The molecule has 1 aromatic heterocycles. The monoisotopic (exact) mass is 226 g/mol. The second-order valence-electron chi connectivity index (χ2n) is 4.41. The van der Waals surface area contributed by atoms with Gasteiger partial charge in [-0.05, 0) is 18.8 Å². The van der Waals surface area contributed by atoms with Crippen molar-refractivity contribution in [2.24, 2.45) is 5.92 Å². The molecule has 1 unspecified atom stereocenters. The number of hydrogen-bond acceptors (Lipinski definition) is 4. The van der Waals surface area contributed by atoms with E-state index in [2.05, 4.69) is 23.7 Å². The van der Waals surface area contributed by atoms with Gasteiger partial charge in [0.1, 0.15) is 0 Å². The first-order valence-corrected chi connectivity index (χ1v) is 6.36. The molecule has 4 heteroatoms. The third-order valence-corrected chi connectivity index (χ3v) is 4.03. The zero-order valence-corrected chi connectivity index (χ0v) is 10.1. The summed E-state index contributed by atoms with van der Waals surface area (Å²) < 4.78 is 0. The van der Waals surface area contributed by atoms with Crippen molar-refractivity contribution in [1.29, 1.82) is 0 Å². The van der Waals surface area contributed by atoms with Gasteiger partial charge in [0.2, 0.25) is 0 Å². The van der Waals surface area contributed by atoms with E-state index in [1.54, 1.807) is 17.5 Å². The average molecular weight is 226 g/mol. The van der Waals surface area contributed by atoms with Gasteiger partial charge in [0.15, 0.2) is 5.13 Å². The molecule has 2 rings (SSSR count). The van der Waals surface area contributed by atoms with Gasteiger partial charge in [-0.3, -0.25) is 0 Å². The fourth-order valence-corrected chi connectivity index (χ4v) is 3.08. The molecule has 0 aliphatic carbocycles. The van der Waals surface area contributed by atoms with Crippen molar-refractivity contribution in [2.45, 2.75) is 39.3 Å². The first-order chi connectivity index (χ1) is 7.22. The van der Waals surface area contributed by atoms with Crippen molar-refractivity contribution < 1.29 is 5.11 Å². The Balaban J connectivity index is 2.15. The summed E-state index contributed by atoms with van der Waals surface area (Å²) in [5.74, 6) is 0.675. The summed E-state index contributed by atoms with van der Waals surface area (Å²) in [5.41, 5.74) is 0. The number of nitrogens with zero attached hydrogens (tertiary/aromatic N) is 2. The molecule has 15 heavy (non-hydrogen) atoms. The molecule has 0 saturated carbocycles. The summed E-state index contributed by atoms with van der Waals surface area (Å²) in [4.78, 5) is 7.74. The summed E-state index contributed by atoms with van der Waals surface area (Å²) >= 11 is 1.62. The van der Waals surface area contributed by atoms with Crippen LogP contribution in [0.5, 0.6) is 0 Å². The summed E-state index contributed by atoms with van der Waals surface area (Å²) in [7, 11) is 0. The first kappa shape index (κ1) is 10.9. The van der Waals surface area contributed by atoms with E-state index in [0.29, 0.717) is 12.0 Å². The smallest absolute Gasteiger partial charge is 0.185 e. The number of aliphatic hydroxyl groups excluding tert-OH is 1. The lowest BCUT2D eigenvalue weighted by molar-refractivity contribution is 0.285. The minimum atomic E-state index is 0.109. The second-order valence-corrected chi connectivity index (χ2v) is 5.51. The van der Waals surface area contributed by atoms with Crippen molar-refractivity contribution in [3.05, 3.63) is 11.1 Å². The molecule has 0 spiro atoms. The van der Waals surface area contributed by atoms with Gasteiger partial charge < -0.3 is 10.0 Å². The van der Waals surface area contributed by atoms with Crippen molar-refractivity contribution in [1.82, 2.24) is 4.98 Å². The van der Waals surface area contributed by atoms with E-state index in [1.807, 2.05) is 0 Å². The maximum atomic E-state index is 9.02. The number of anilines is 1. The van der Waals surface area contributed by atoms with E-state index < -0.39 is 0 Å². The van der Waals surface area contributed by atoms with Crippen LogP contribution in [0, 0.1) is 5.92 Å². The summed E-state index contributed by atoms with van der Waals surface area (Å²) in [6, 6.07) is 0.627. The Kier molecular flexibility index (Phi) is 3.26. The minimum Gasteiger partial charge on any atom is -0.391 e. The quantitative estimate of drug-likeness (QED) is 0.859. The van der Waals surface area contributed by atoms with E-state index in [-0.39, 0.29) is 6.61 Å². The molecule has 1 N–H and O–H groups in total. The fraction of sp³-hybridized carbons (Fsp3) is 0.727. The highest BCUT2D eigenvalue weighted by molar-refractivity contribution is 7.15. The maximum absolute atomic E-state index is 9.02. The molecule has 1 saturated heterocycles. The van der Waals surface area contributed by atoms with Crippen LogP contribution in [-0.4, -0.2) is 22.7 Å². The van der Waals surface area contributed by atoms with E-state index in [4.69, 9.17) is 5.11 Å². The van der Waals surface area contributed by atoms with E-state index in [9.17, 15) is 0 Å². The van der Waals surface area contributed by atoms with Crippen LogP contribution in [0.4, 0.5) is 5.13 Å². The molecule has 3 nitrogen and oxygen atoms in total. The third-order valence-electron chi connectivity index (χ3n) is 3.01. The zero-order valence-electron chi connectivity index (χ0n) is 9.31. The Labute approximate surface area is 94.8 Å². The van der Waals surface area contributed by atoms with Crippen LogP contribution in [0.1, 0.15) is 31.6 Å². The van der Waals surface area contributed by atoms with Gasteiger partial charge in [0.25, 0.3) is 0 Å². The molecule has 1 aromatic rings. The molecule has 1 aliphatic heterocycles. The number of thiazole rings is 1. The summed E-state index contributed by atoms with van der Waals surface area (Å²) in [6.45, 7) is 5.76. The van der Waals surface area contributed by atoms with Crippen LogP contribution in [0.3, 0.4) is 0 Å². The van der Waals surface area contributed by atoms with E-state index in [0.717, 1.165) is 16.6 Å². The van der Waals surface area contributed by atoms with Gasteiger partial charge >= 0.3 is 0 Å². The highest BCUT2D eigenvalue weighted by Gasteiger charge is 2.28. The lowest BCUT2D eigenvalue weighted by Crippen LogP contribution is -2.33. The van der Waals surface area contributed by atoms with Crippen molar-refractivity contribution in [2.75, 3.05) is 11.4 Å². The Morgan fingerprint density at radius 2 is 2.47 bits per heavy atom. The SMILES string of the molecule is CC(C)C1CCCN1c1ncc(CO)s1. The van der Waals surface area contributed by atoms with Crippen molar-refractivity contribution >= 4 is 16.5 Å². The summed E-state index contributed by atoms with van der Waals surface area (Å²) in [6.07, 6.45) is 4.32. The lowest BCUT2D eigenvalue weighted by atomic mass is 10.0. The Hall–Kier alpha value is -0.610. The molecular weight excluding hydrogens is 208 g/mol. The predicted octanol–water partition coefficient (Wildman–Crippen LogP) is 2.26. The lowest BCUT2D eigenvalue weighted by Gasteiger charge is -2.27. The predicted molar refractivity (Wildman–Crippen MR) is 63.2 cm³/mol. The standard InChI is InChI=1S/C11H18N2OS/c1-8(2)10-4-3-5-13(10)11-12-6-9(7-14)15-11/h6,8,10,14H,3-5,7H2,1-2H3. The molecule has 1 atom stereocenters. The molecule has 0 radical (unpaired) electrons. The first-order valence-electron chi connectivity index (χ1n) is 5.54. The maximum Gasteiger partial charge on any atom is 0.185 e. The van der Waals surface area contributed by atoms with Crippen LogP contribution in [0.25, 0.3) is 0 Å². The average Bonchev–Trinajstić information content (AvgIpc) is 2.85. The van der Waals surface area contributed by atoms with Crippen molar-refractivity contribution in [3.8, 4) is 0 Å². The molecule has 84 valence electrons. The second kappa shape index (κ2) is 4.49. The van der Waals surface area contributed by atoms with Crippen molar-refractivity contribution in [3.63, 3.8) is 0 Å². The Morgan fingerprint density at radius 3 is 3.07 bits per heavy atom. The molecule has 1 aliphatic rings. The molecular formula is C11H18N2OS. The number of aromatic nitrogens is 1. The van der Waals surface area contributed by atoms with Crippen LogP contribution in [-0.2, 0) is 6.61 Å². The highest BCUT2D eigenvalue weighted by Crippen LogP contribution is 2.32. The van der Waals surface area contributed by atoms with Gasteiger partial charge in [-0.1, -0.05) is 25.2 Å². The molecule has 1 fully saturated rings. The number of hydrogen-bond donors (Lipinski definition) is 1. The summed E-state index contributed by atoms with van der Waals surface area (Å²) in [5, 5.41) is 10.1. The van der Waals surface area contributed by atoms with Crippen LogP contribution < -0.4 is 4.90 Å². The molecule has 2 heterocycles. The van der Waals surface area contributed by atoms with Crippen LogP contribution in [0.2, 0.25) is 0 Å². The van der Waals surface area contributed by atoms with Crippen LogP contribution in [0.15, 0.2) is 6.20 Å². The van der Waals surface area contributed by atoms with Gasteiger partial charge in [-0.2, -0.15) is 0 Å². The largest absolute Gasteiger partial charge is 0.391 e. The highest BCUT2D eigenvalue weighted by atomic mass is 32.1. The van der Waals surface area contributed by atoms with Gasteiger partial charge in [0, 0.05) is 18.8 Å². The zero-order chi connectivity index (χ0) is 10.8. The Morgan fingerprint density at radius 1 is 1.67 bits per heavy atom. The van der Waals surface area contributed by atoms with Gasteiger partial charge in [-0.25, -0.2) is 4.98 Å². The fourth-order valence-electron chi connectivity index (χ4n) is 2.23. The van der Waals surface area contributed by atoms with E-state index >= 15 is 0 Å². The van der Waals surface area contributed by atoms with Gasteiger partial charge in [0.05, 0.1) is 11.5 Å². The molecule has 0 aromatic carbocycles. The molecule has 0 amide bonds. The minimum absolute atomic E-state index is 0.109. The van der Waals surface area contributed by atoms with E-state index in [1.165, 1.54) is 12.8 Å². The third kappa shape index (κ3) is 2.16. The number of aliphatic hydroxyl groups is 1. The Bertz CT molecular complexity index is 324. The number of rotatable bonds is 3. The topological polar surface area (TPSA) is 36.4 Å². The van der Waals surface area contributed by atoms with Crippen LogP contribution >= 0.6 is 11.3 Å². The molecule has 0 bridgehead atoms. The van der Waals surface area contributed by atoms with Gasteiger partial charge in [-0.15, -0.1) is 0 Å².